The van der Waals surface area contributed by atoms with E-state index in [1.54, 1.807) is 24.3 Å². The first kappa shape index (κ1) is 33.4. The van der Waals surface area contributed by atoms with Crippen molar-refractivity contribution in [3.05, 3.63) is 54.1 Å². The molecule has 2 aliphatic rings. The van der Waals surface area contributed by atoms with E-state index in [1.165, 1.54) is 0 Å². The molecule has 3 aromatic rings. The van der Waals surface area contributed by atoms with Gasteiger partial charge in [0, 0.05) is 63.1 Å². The van der Waals surface area contributed by atoms with E-state index in [1.807, 2.05) is 46.7 Å². The van der Waals surface area contributed by atoms with E-state index in [9.17, 15) is 19.8 Å². The van der Waals surface area contributed by atoms with Crippen molar-refractivity contribution in [2.75, 3.05) is 40.0 Å². The van der Waals surface area contributed by atoms with Crippen molar-refractivity contribution < 1.29 is 29.3 Å². The number of hydrogen-bond donors (Lipinski definition) is 3. The maximum atomic E-state index is 14.3. The van der Waals surface area contributed by atoms with Crippen LogP contribution in [-0.2, 0) is 22.5 Å². The van der Waals surface area contributed by atoms with Gasteiger partial charge in [0.2, 0.25) is 5.88 Å². The molecule has 1 aromatic carbocycles. The van der Waals surface area contributed by atoms with Crippen LogP contribution in [0.5, 0.6) is 5.88 Å². The fraction of sp³-hybridized carbons (Fsp3) is 0.548. The molecule has 0 bridgehead atoms. The number of amides is 1. The van der Waals surface area contributed by atoms with Gasteiger partial charge in [-0.05, 0) is 19.8 Å². The summed E-state index contributed by atoms with van der Waals surface area (Å²) < 4.78 is 15.0. The first-order valence-electron chi connectivity index (χ1n) is 15.1. The third kappa shape index (κ3) is 7.26. The number of rotatable bonds is 12. The zero-order valence-electron chi connectivity index (χ0n) is 25.4. The minimum Gasteiger partial charge on any atom is -0.481 e. The zero-order chi connectivity index (χ0) is 30.4. The summed E-state index contributed by atoms with van der Waals surface area (Å²) in [6.07, 6.45) is 7.01. The Labute approximate surface area is 263 Å². The van der Waals surface area contributed by atoms with Gasteiger partial charge < -0.3 is 34.5 Å². The number of aromatic nitrogens is 4. The predicted molar refractivity (Wildman–Crippen MR) is 166 cm³/mol. The lowest BCUT2D eigenvalue weighted by Crippen LogP contribution is -2.54. The van der Waals surface area contributed by atoms with Crippen molar-refractivity contribution in [2.24, 2.45) is 0 Å². The highest BCUT2D eigenvalue weighted by Crippen LogP contribution is 2.41. The molecule has 44 heavy (non-hydrogen) atoms. The van der Waals surface area contributed by atoms with Crippen LogP contribution in [0.2, 0.25) is 0 Å². The van der Waals surface area contributed by atoms with Gasteiger partial charge >= 0.3 is 5.97 Å². The summed E-state index contributed by atoms with van der Waals surface area (Å²) in [7, 11) is 1.60. The van der Waals surface area contributed by atoms with Gasteiger partial charge in [0.15, 0.2) is 5.69 Å². The Bertz CT molecular complexity index is 1390. The van der Waals surface area contributed by atoms with Gasteiger partial charge in [-0.1, -0.05) is 43.2 Å². The van der Waals surface area contributed by atoms with Gasteiger partial charge in [0.25, 0.3) is 5.91 Å². The summed E-state index contributed by atoms with van der Waals surface area (Å²) in [6.45, 7) is 4.77. The first-order valence-corrected chi connectivity index (χ1v) is 15.1. The number of nitrogens with one attached hydrogen (secondary N) is 1. The molecule has 5 rings (SSSR count). The van der Waals surface area contributed by atoms with E-state index in [2.05, 4.69) is 15.4 Å². The highest BCUT2D eigenvalue weighted by molar-refractivity contribution is 5.98. The molecule has 240 valence electrons. The fourth-order valence-electron chi connectivity index (χ4n) is 6.38. The molecule has 3 heterocycles. The van der Waals surface area contributed by atoms with Crippen molar-refractivity contribution in [1.82, 2.24) is 29.5 Å². The molecule has 0 radical (unpaired) electrons. The highest BCUT2D eigenvalue weighted by Gasteiger charge is 2.42. The van der Waals surface area contributed by atoms with Crippen LogP contribution in [0.1, 0.15) is 61.1 Å². The Morgan fingerprint density at radius 1 is 1.20 bits per heavy atom. The van der Waals surface area contributed by atoms with E-state index < -0.39 is 11.6 Å². The SMILES string of the molecule is CCn1cc(CC(=O)O)c(OCC[C@@H]2CNCCN2C(=O)c2ncn([C@@H]3CCCC[C@@]3(O)COC)c2-c2ccccc2)n1.Cl. The molecular weight excluding hydrogens is 588 g/mol. The standard InChI is InChI=1S/C31H42N6O6.ClH/c1-3-35-19-23(17-26(38)39)29(34-35)43-16-12-24-18-32-14-15-36(24)30(40)27-28(22-9-5-4-6-10-22)37(21-33-27)25-11-7-8-13-31(25,41)20-42-2;/h4-6,9-10,19,21,24-25,32,41H,3,7-8,11-18,20H2,1-2H3,(H,38,39);1H/t24-,25-,31-;/m1./s1. The van der Waals surface area contributed by atoms with E-state index in [-0.39, 0.29) is 50.0 Å². The fourth-order valence-corrected chi connectivity index (χ4v) is 6.38. The molecule has 1 aliphatic carbocycles. The summed E-state index contributed by atoms with van der Waals surface area (Å²) >= 11 is 0. The summed E-state index contributed by atoms with van der Waals surface area (Å²) in [5, 5.41) is 28.7. The first-order chi connectivity index (χ1) is 20.8. The maximum absolute atomic E-state index is 14.3. The lowest BCUT2D eigenvalue weighted by molar-refractivity contribution is -0.136. The third-order valence-electron chi connectivity index (χ3n) is 8.50. The molecule has 1 saturated heterocycles. The van der Waals surface area contributed by atoms with Gasteiger partial charge in [0.1, 0.15) is 5.60 Å². The topological polar surface area (TPSA) is 144 Å². The smallest absolute Gasteiger partial charge is 0.308 e. The summed E-state index contributed by atoms with van der Waals surface area (Å²) in [5.74, 6) is -0.805. The van der Waals surface area contributed by atoms with Gasteiger partial charge in [-0.25, -0.2) is 4.98 Å². The lowest BCUT2D eigenvalue weighted by Gasteiger charge is -2.41. The quantitative estimate of drug-likeness (QED) is 0.275. The van der Waals surface area contributed by atoms with Crippen molar-refractivity contribution in [3.8, 4) is 17.1 Å². The molecule has 0 unspecified atom stereocenters. The number of ether oxygens (including phenoxy) is 2. The Morgan fingerprint density at radius 2 is 2.00 bits per heavy atom. The predicted octanol–water partition coefficient (Wildman–Crippen LogP) is 3.19. The normalized spacial score (nSPS) is 21.9. The van der Waals surface area contributed by atoms with Gasteiger partial charge in [-0.2, -0.15) is 0 Å². The van der Waals surface area contributed by atoms with E-state index in [0.717, 1.165) is 24.8 Å². The molecular formula is C31H43ClN6O6. The Balaban J connectivity index is 0.00000442. The second kappa shape index (κ2) is 15.0. The van der Waals surface area contributed by atoms with Crippen molar-refractivity contribution >= 4 is 24.3 Å². The second-order valence-electron chi connectivity index (χ2n) is 11.4. The van der Waals surface area contributed by atoms with Crippen LogP contribution < -0.4 is 10.1 Å². The number of carbonyl (C=O) groups excluding carboxylic acids is 1. The summed E-state index contributed by atoms with van der Waals surface area (Å²) in [5.41, 5.74) is 1.38. The largest absolute Gasteiger partial charge is 0.481 e. The number of piperazine rings is 1. The summed E-state index contributed by atoms with van der Waals surface area (Å²) in [6, 6.07) is 9.31. The number of nitrogens with zero attached hydrogens (tertiary/aromatic N) is 5. The number of methoxy groups -OCH3 is 1. The Morgan fingerprint density at radius 3 is 2.73 bits per heavy atom. The van der Waals surface area contributed by atoms with Crippen LogP contribution in [0.4, 0.5) is 0 Å². The number of carbonyl (C=O) groups is 2. The van der Waals surface area contributed by atoms with Gasteiger partial charge in [-0.15, -0.1) is 17.5 Å². The number of aliphatic carboxylic acids is 1. The molecule has 0 spiro atoms. The van der Waals surface area contributed by atoms with E-state index in [0.29, 0.717) is 61.9 Å². The second-order valence-corrected chi connectivity index (χ2v) is 11.4. The average Bonchev–Trinajstić information content (AvgIpc) is 3.61. The number of carboxylic acids is 1. The minimum absolute atomic E-state index is 0. The third-order valence-corrected chi connectivity index (χ3v) is 8.50. The molecule has 2 aromatic heterocycles. The molecule has 3 N–H and O–H groups in total. The van der Waals surface area contributed by atoms with Crippen LogP contribution >= 0.6 is 12.4 Å². The summed E-state index contributed by atoms with van der Waals surface area (Å²) in [4.78, 5) is 32.1. The van der Waals surface area contributed by atoms with Crippen molar-refractivity contribution in [2.45, 2.75) is 69.7 Å². The zero-order valence-corrected chi connectivity index (χ0v) is 26.2. The number of halogens is 1. The number of imidazole rings is 1. The number of aliphatic hydroxyl groups is 1. The minimum atomic E-state index is -1.06. The van der Waals surface area contributed by atoms with Gasteiger partial charge in [0.05, 0.1) is 37.7 Å². The molecule has 13 heteroatoms. The van der Waals surface area contributed by atoms with Crippen LogP contribution in [-0.4, -0.2) is 97.9 Å². The molecule has 1 aliphatic heterocycles. The Hall–Kier alpha value is -3.45. The molecule has 1 saturated carbocycles. The molecule has 1 amide bonds. The lowest BCUT2D eigenvalue weighted by atomic mass is 9.80. The van der Waals surface area contributed by atoms with Crippen LogP contribution in [0.15, 0.2) is 42.9 Å². The monoisotopic (exact) mass is 630 g/mol. The molecule has 2 fully saturated rings. The van der Waals surface area contributed by atoms with Crippen LogP contribution in [0.3, 0.4) is 0 Å². The van der Waals surface area contributed by atoms with Crippen LogP contribution in [0, 0.1) is 0 Å². The molecule has 12 nitrogen and oxygen atoms in total. The van der Waals surface area contributed by atoms with Crippen molar-refractivity contribution in [1.29, 1.82) is 0 Å². The highest BCUT2D eigenvalue weighted by atomic mass is 35.5. The molecule has 3 atom stereocenters. The Kier molecular flexibility index (Phi) is 11.4. The van der Waals surface area contributed by atoms with Gasteiger partial charge in [-0.3, -0.25) is 14.3 Å². The maximum Gasteiger partial charge on any atom is 0.308 e. The number of carboxylic acid groups (broad SMARTS) is 1. The number of aryl methyl sites for hydroxylation is 1. The number of benzene rings is 1. The van der Waals surface area contributed by atoms with E-state index >= 15 is 0 Å². The van der Waals surface area contributed by atoms with Crippen LogP contribution in [0.25, 0.3) is 11.3 Å². The van der Waals surface area contributed by atoms with Crippen molar-refractivity contribution in [3.63, 3.8) is 0 Å². The average molecular weight is 631 g/mol. The van der Waals surface area contributed by atoms with E-state index in [4.69, 9.17) is 9.47 Å². The number of hydrogen-bond acceptors (Lipinski definition) is 8.